The van der Waals surface area contributed by atoms with E-state index in [1.807, 2.05) is 11.8 Å². The van der Waals surface area contributed by atoms with Gasteiger partial charge in [-0.1, -0.05) is 27.7 Å². The number of hydrogen-bond donors (Lipinski definition) is 1. The second-order valence-corrected chi connectivity index (χ2v) is 5.65. The molecule has 1 fully saturated rings. The molecule has 2 atom stereocenters. The molecule has 1 rings (SSSR count). The molecule has 3 nitrogen and oxygen atoms in total. The van der Waals surface area contributed by atoms with Gasteiger partial charge in [-0.05, 0) is 24.2 Å². The summed E-state index contributed by atoms with van der Waals surface area (Å²) in [6.45, 7) is 10.5. The Bertz CT molecular complexity index is 232. The van der Waals surface area contributed by atoms with Crippen molar-refractivity contribution in [3.05, 3.63) is 0 Å². The Balaban J connectivity index is 2.53. The van der Waals surface area contributed by atoms with Crippen LogP contribution < -0.4 is 5.73 Å². The first kappa shape index (κ1) is 12.5. The van der Waals surface area contributed by atoms with Crippen molar-refractivity contribution in [2.75, 3.05) is 13.1 Å². The molecule has 1 aliphatic rings. The summed E-state index contributed by atoms with van der Waals surface area (Å²) in [7, 11) is 0. The molecule has 0 aromatic heterocycles. The van der Waals surface area contributed by atoms with Crippen LogP contribution in [0.2, 0.25) is 0 Å². The first-order chi connectivity index (χ1) is 6.86. The van der Waals surface area contributed by atoms with Gasteiger partial charge in [-0.15, -0.1) is 0 Å². The van der Waals surface area contributed by atoms with Gasteiger partial charge in [0.2, 0.25) is 5.91 Å². The molecule has 88 valence electrons. The van der Waals surface area contributed by atoms with Gasteiger partial charge in [-0.3, -0.25) is 4.79 Å². The standard InChI is InChI=1S/C12H24N2O/c1-5-10(13)11(15)14-7-6-9(8-14)12(2,3)4/h9-10H,5-8,13H2,1-4H3. The van der Waals surface area contributed by atoms with Gasteiger partial charge in [-0.25, -0.2) is 0 Å². The van der Waals surface area contributed by atoms with Crippen LogP contribution in [0.15, 0.2) is 0 Å². The van der Waals surface area contributed by atoms with Crippen LogP contribution in [0.3, 0.4) is 0 Å². The normalized spacial score (nSPS) is 24.3. The third-order valence-electron chi connectivity index (χ3n) is 3.48. The number of rotatable bonds is 2. The molecular weight excluding hydrogens is 188 g/mol. The molecule has 0 bridgehead atoms. The van der Waals surface area contributed by atoms with E-state index in [2.05, 4.69) is 20.8 Å². The maximum Gasteiger partial charge on any atom is 0.239 e. The fourth-order valence-electron chi connectivity index (χ4n) is 2.08. The largest absolute Gasteiger partial charge is 0.341 e. The third kappa shape index (κ3) is 2.94. The van der Waals surface area contributed by atoms with Gasteiger partial charge >= 0.3 is 0 Å². The van der Waals surface area contributed by atoms with Crippen molar-refractivity contribution in [2.45, 2.75) is 46.6 Å². The molecule has 2 N–H and O–H groups in total. The van der Waals surface area contributed by atoms with Gasteiger partial charge in [0.1, 0.15) is 0 Å². The van der Waals surface area contributed by atoms with Crippen LogP contribution in [0.5, 0.6) is 0 Å². The van der Waals surface area contributed by atoms with Crippen LogP contribution in [0.25, 0.3) is 0 Å². The Hall–Kier alpha value is -0.570. The second kappa shape index (κ2) is 4.52. The molecule has 1 saturated heterocycles. The van der Waals surface area contributed by atoms with Crippen molar-refractivity contribution >= 4 is 5.91 Å². The van der Waals surface area contributed by atoms with Gasteiger partial charge < -0.3 is 10.6 Å². The van der Waals surface area contributed by atoms with E-state index in [0.717, 1.165) is 25.9 Å². The van der Waals surface area contributed by atoms with Crippen LogP contribution in [-0.2, 0) is 4.79 Å². The molecule has 0 spiro atoms. The highest BCUT2D eigenvalue weighted by atomic mass is 16.2. The Morgan fingerprint density at radius 2 is 2.13 bits per heavy atom. The van der Waals surface area contributed by atoms with E-state index in [1.54, 1.807) is 0 Å². The SMILES string of the molecule is CCC(N)C(=O)N1CCC(C(C)(C)C)C1. The first-order valence-electron chi connectivity index (χ1n) is 5.90. The highest BCUT2D eigenvalue weighted by Crippen LogP contribution is 2.33. The van der Waals surface area contributed by atoms with E-state index in [9.17, 15) is 4.79 Å². The van der Waals surface area contributed by atoms with Gasteiger partial charge in [-0.2, -0.15) is 0 Å². The van der Waals surface area contributed by atoms with Gasteiger partial charge in [0.25, 0.3) is 0 Å². The van der Waals surface area contributed by atoms with Gasteiger partial charge in [0.15, 0.2) is 0 Å². The molecule has 0 radical (unpaired) electrons. The predicted molar refractivity (Wildman–Crippen MR) is 62.4 cm³/mol. The maximum atomic E-state index is 11.8. The zero-order valence-electron chi connectivity index (χ0n) is 10.4. The summed E-state index contributed by atoms with van der Waals surface area (Å²) < 4.78 is 0. The number of amides is 1. The lowest BCUT2D eigenvalue weighted by Crippen LogP contribution is -2.42. The minimum absolute atomic E-state index is 0.129. The lowest BCUT2D eigenvalue weighted by atomic mass is 9.80. The van der Waals surface area contributed by atoms with E-state index in [1.165, 1.54) is 0 Å². The molecule has 1 heterocycles. The van der Waals surface area contributed by atoms with E-state index < -0.39 is 0 Å². The number of likely N-dealkylation sites (tertiary alicyclic amines) is 1. The van der Waals surface area contributed by atoms with Crippen molar-refractivity contribution in [1.82, 2.24) is 4.90 Å². The zero-order valence-corrected chi connectivity index (χ0v) is 10.4. The Labute approximate surface area is 93.0 Å². The second-order valence-electron chi connectivity index (χ2n) is 5.65. The zero-order chi connectivity index (χ0) is 11.6. The Kier molecular flexibility index (Phi) is 3.77. The highest BCUT2D eigenvalue weighted by Gasteiger charge is 2.34. The number of carbonyl (C=O) groups is 1. The Morgan fingerprint density at radius 3 is 2.53 bits per heavy atom. The van der Waals surface area contributed by atoms with E-state index in [-0.39, 0.29) is 11.9 Å². The summed E-state index contributed by atoms with van der Waals surface area (Å²) in [4.78, 5) is 13.8. The molecule has 0 saturated carbocycles. The van der Waals surface area contributed by atoms with Crippen molar-refractivity contribution in [3.63, 3.8) is 0 Å². The number of nitrogens with two attached hydrogens (primary N) is 1. The molecular formula is C12H24N2O. The third-order valence-corrected chi connectivity index (χ3v) is 3.48. The molecule has 0 aromatic carbocycles. The minimum atomic E-state index is -0.302. The first-order valence-corrected chi connectivity index (χ1v) is 5.90. The Morgan fingerprint density at radius 1 is 1.53 bits per heavy atom. The molecule has 15 heavy (non-hydrogen) atoms. The van der Waals surface area contributed by atoms with E-state index >= 15 is 0 Å². The average molecular weight is 212 g/mol. The van der Waals surface area contributed by atoms with Crippen molar-refractivity contribution in [1.29, 1.82) is 0 Å². The number of carbonyl (C=O) groups excluding carboxylic acids is 1. The van der Waals surface area contributed by atoms with Crippen LogP contribution in [-0.4, -0.2) is 29.9 Å². The summed E-state index contributed by atoms with van der Waals surface area (Å²) in [5, 5.41) is 0. The molecule has 1 amide bonds. The maximum absolute atomic E-state index is 11.8. The fourth-order valence-corrected chi connectivity index (χ4v) is 2.08. The molecule has 2 unspecified atom stereocenters. The van der Waals surface area contributed by atoms with Gasteiger partial charge in [0, 0.05) is 13.1 Å². The van der Waals surface area contributed by atoms with Gasteiger partial charge in [0.05, 0.1) is 6.04 Å². The summed E-state index contributed by atoms with van der Waals surface area (Å²) in [5.74, 6) is 0.745. The van der Waals surface area contributed by atoms with Crippen LogP contribution in [0, 0.1) is 11.3 Å². The summed E-state index contributed by atoms with van der Waals surface area (Å²) in [6.07, 6.45) is 1.85. The quantitative estimate of drug-likeness (QED) is 0.756. The van der Waals surface area contributed by atoms with Crippen molar-refractivity contribution in [2.24, 2.45) is 17.1 Å². The summed E-state index contributed by atoms with van der Waals surface area (Å²) in [5.41, 5.74) is 6.06. The molecule has 1 aliphatic heterocycles. The smallest absolute Gasteiger partial charge is 0.239 e. The van der Waals surface area contributed by atoms with E-state index in [4.69, 9.17) is 5.73 Å². The average Bonchev–Trinajstić information content (AvgIpc) is 2.63. The lowest BCUT2D eigenvalue weighted by molar-refractivity contribution is -0.131. The highest BCUT2D eigenvalue weighted by molar-refractivity contribution is 5.81. The monoisotopic (exact) mass is 212 g/mol. The molecule has 0 aliphatic carbocycles. The number of hydrogen-bond acceptors (Lipinski definition) is 2. The van der Waals surface area contributed by atoms with Crippen molar-refractivity contribution < 1.29 is 4.79 Å². The van der Waals surface area contributed by atoms with Crippen LogP contribution in [0.1, 0.15) is 40.5 Å². The molecule has 0 aromatic rings. The van der Waals surface area contributed by atoms with Crippen LogP contribution in [0.4, 0.5) is 0 Å². The summed E-state index contributed by atoms with van der Waals surface area (Å²) in [6, 6.07) is -0.302. The van der Waals surface area contributed by atoms with Crippen molar-refractivity contribution in [3.8, 4) is 0 Å². The fraction of sp³-hybridized carbons (Fsp3) is 0.917. The lowest BCUT2D eigenvalue weighted by Gasteiger charge is -2.27. The predicted octanol–water partition coefficient (Wildman–Crippen LogP) is 1.62. The topological polar surface area (TPSA) is 46.3 Å². The van der Waals surface area contributed by atoms with E-state index in [0.29, 0.717) is 11.3 Å². The number of nitrogens with zero attached hydrogens (tertiary/aromatic N) is 1. The summed E-state index contributed by atoms with van der Waals surface area (Å²) >= 11 is 0. The molecule has 3 heteroatoms. The van der Waals surface area contributed by atoms with Crippen LogP contribution >= 0.6 is 0 Å². The minimum Gasteiger partial charge on any atom is -0.341 e.